The van der Waals surface area contributed by atoms with E-state index in [1.54, 1.807) is 28.8 Å². The number of anilines is 1. The Bertz CT molecular complexity index is 1240. The first kappa shape index (κ1) is 17.4. The lowest BCUT2D eigenvalue weighted by Gasteiger charge is -2.09. The molecule has 0 aliphatic carbocycles. The number of fused-ring (bicyclic) bond motifs is 1. The first-order valence-corrected chi connectivity index (χ1v) is 8.26. The van der Waals surface area contributed by atoms with Gasteiger partial charge in [-0.25, -0.2) is 14.2 Å². The van der Waals surface area contributed by atoms with Crippen LogP contribution in [0.15, 0.2) is 53.3 Å². The van der Waals surface area contributed by atoms with Crippen LogP contribution in [0, 0.1) is 5.82 Å². The fourth-order valence-corrected chi connectivity index (χ4v) is 2.93. The third kappa shape index (κ3) is 3.09. The zero-order chi connectivity index (χ0) is 19.8. The second kappa shape index (κ2) is 6.62. The molecule has 0 amide bonds. The Hall–Kier alpha value is -4.01. The van der Waals surface area contributed by atoms with Crippen LogP contribution in [0.3, 0.4) is 0 Å². The quantitative estimate of drug-likeness (QED) is 0.499. The summed E-state index contributed by atoms with van der Waals surface area (Å²) in [5.74, 6) is -1.04. The van der Waals surface area contributed by atoms with Crippen molar-refractivity contribution in [2.24, 2.45) is 0 Å². The summed E-state index contributed by atoms with van der Waals surface area (Å²) in [5.41, 5.74) is 7.09. The topological polar surface area (TPSA) is 127 Å². The minimum atomic E-state index is -1.04. The molecule has 28 heavy (non-hydrogen) atoms. The fraction of sp³-hybridized carbons (Fsp3) is 0.0526. The summed E-state index contributed by atoms with van der Waals surface area (Å²) in [4.78, 5) is 34.3. The highest BCUT2D eigenvalue weighted by Gasteiger charge is 2.18. The van der Waals surface area contributed by atoms with Crippen molar-refractivity contribution in [1.29, 1.82) is 0 Å². The fourth-order valence-electron chi connectivity index (χ4n) is 2.93. The number of nitrogen functional groups attached to an aromatic ring is 1. The molecule has 4 aromatic rings. The molecule has 0 bridgehead atoms. The summed E-state index contributed by atoms with van der Waals surface area (Å²) in [6, 6.07) is 12.0. The van der Waals surface area contributed by atoms with Crippen LogP contribution in [0.2, 0.25) is 0 Å². The highest BCUT2D eigenvalue weighted by atomic mass is 19.1. The Labute approximate surface area is 157 Å². The van der Waals surface area contributed by atoms with Crippen LogP contribution in [-0.4, -0.2) is 30.6 Å². The predicted molar refractivity (Wildman–Crippen MR) is 100 cm³/mol. The van der Waals surface area contributed by atoms with Gasteiger partial charge in [-0.3, -0.25) is 9.78 Å². The van der Waals surface area contributed by atoms with Crippen LogP contribution in [0.25, 0.3) is 22.6 Å². The Balaban J connectivity index is 1.91. The van der Waals surface area contributed by atoms with E-state index < -0.39 is 11.5 Å². The summed E-state index contributed by atoms with van der Waals surface area (Å²) in [6.07, 6.45) is 0. The number of nitrogens with two attached hydrogens (primary N) is 1. The van der Waals surface area contributed by atoms with Gasteiger partial charge in [-0.15, -0.1) is 0 Å². The van der Waals surface area contributed by atoms with Gasteiger partial charge in [0, 0.05) is 5.56 Å². The average Bonchev–Trinajstić information content (AvgIpc) is 3.02. The Morgan fingerprint density at radius 2 is 1.79 bits per heavy atom. The molecule has 0 radical (unpaired) electrons. The number of carboxylic acids is 1. The highest BCUT2D eigenvalue weighted by Crippen LogP contribution is 2.24. The first-order valence-electron chi connectivity index (χ1n) is 8.26. The Morgan fingerprint density at radius 1 is 1.11 bits per heavy atom. The lowest BCUT2D eigenvalue weighted by Crippen LogP contribution is -2.12. The number of nitrogens with zero attached hydrogens (tertiary/aromatic N) is 3. The Kier molecular flexibility index (Phi) is 4.11. The molecule has 2 aromatic carbocycles. The maximum atomic E-state index is 13.2. The smallest absolute Gasteiger partial charge is 0.335 e. The van der Waals surface area contributed by atoms with Crippen LogP contribution >= 0.6 is 0 Å². The van der Waals surface area contributed by atoms with Crippen molar-refractivity contribution in [1.82, 2.24) is 19.5 Å². The summed E-state index contributed by atoms with van der Waals surface area (Å²) < 4.78 is 14.9. The highest BCUT2D eigenvalue weighted by molar-refractivity contribution is 5.88. The molecule has 9 heteroatoms. The van der Waals surface area contributed by atoms with Crippen LogP contribution in [-0.2, 0) is 6.54 Å². The first-order chi connectivity index (χ1) is 13.4. The molecular weight excluding hydrogens is 365 g/mol. The molecule has 0 aliphatic heterocycles. The van der Waals surface area contributed by atoms with Crippen molar-refractivity contribution in [3.8, 4) is 11.4 Å². The lowest BCUT2D eigenvalue weighted by atomic mass is 10.1. The van der Waals surface area contributed by atoms with E-state index in [0.29, 0.717) is 11.4 Å². The number of aromatic nitrogens is 4. The van der Waals surface area contributed by atoms with Crippen LogP contribution < -0.4 is 11.3 Å². The van der Waals surface area contributed by atoms with Gasteiger partial charge in [0.2, 0.25) is 5.95 Å². The SMILES string of the molecule is Nc1nc2c(nc(-c3ccc(C(=O)O)cc3)n2Cc2ccc(F)cc2)c(=O)[nH]1. The molecule has 4 N–H and O–H groups in total. The minimum absolute atomic E-state index is 0.0504. The molecular formula is C19H14FN5O3. The van der Waals surface area contributed by atoms with E-state index in [4.69, 9.17) is 10.8 Å². The number of H-pyrrole nitrogens is 1. The number of aromatic amines is 1. The standard InChI is InChI=1S/C19H14FN5O3/c20-13-7-1-10(2-8-13)9-25-15(11-3-5-12(6-4-11)18(27)28)22-14-16(25)23-19(21)24-17(14)26/h1-8H,9H2,(H,27,28)(H3,21,23,24,26). The number of rotatable bonds is 4. The molecule has 0 saturated carbocycles. The third-order valence-corrected chi connectivity index (χ3v) is 4.27. The van der Waals surface area contributed by atoms with E-state index >= 15 is 0 Å². The average molecular weight is 379 g/mol. The van der Waals surface area contributed by atoms with Crippen molar-refractivity contribution in [2.75, 3.05) is 5.73 Å². The molecule has 4 rings (SSSR count). The maximum absolute atomic E-state index is 13.2. The van der Waals surface area contributed by atoms with E-state index in [1.165, 1.54) is 24.3 Å². The molecule has 0 spiro atoms. The third-order valence-electron chi connectivity index (χ3n) is 4.27. The van der Waals surface area contributed by atoms with Crippen molar-refractivity contribution < 1.29 is 14.3 Å². The molecule has 0 unspecified atom stereocenters. The van der Waals surface area contributed by atoms with Crippen molar-refractivity contribution in [2.45, 2.75) is 6.54 Å². The van der Waals surface area contributed by atoms with E-state index in [9.17, 15) is 14.0 Å². The summed E-state index contributed by atoms with van der Waals surface area (Å²) in [5, 5.41) is 9.08. The second-order valence-corrected chi connectivity index (χ2v) is 6.15. The molecule has 0 saturated heterocycles. The number of nitrogens with one attached hydrogen (secondary N) is 1. The molecule has 0 aliphatic rings. The lowest BCUT2D eigenvalue weighted by molar-refractivity contribution is 0.0697. The number of hydrogen-bond acceptors (Lipinski definition) is 5. The number of carboxylic acid groups (broad SMARTS) is 1. The van der Waals surface area contributed by atoms with Gasteiger partial charge in [0.05, 0.1) is 12.1 Å². The monoisotopic (exact) mass is 379 g/mol. The summed E-state index contributed by atoms with van der Waals surface area (Å²) in [6.45, 7) is 0.267. The number of imidazole rings is 1. The minimum Gasteiger partial charge on any atom is -0.478 e. The Morgan fingerprint density at radius 3 is 2.43 bits per heavy atom. The van der Waals surface area contributed by atoms with Crippen LogP contribution in [0.4, 0.5) is 10.3 Å². The number of aromatic carboxylic acids is 1. The van der Waals surface area contributed by atoms with Gasteiger partial charge in [-0.2, -0.15) is 4.98 Å². The molecule has 2 aromatic heterocycles. The number of carbonyl (C=O) groups is 1. The molecule has 140 valence electrons. The van der Waals surface area contributed by atoms with E-state index in [0.717, 1.165) is 5.56 Å². The van der Waals surface area contributed by atoms with Gasteiger partial charge in [-0.05, 0) is 29.8 Å². The zero-order valence-corrected chi connectivity index (χ0v) is 14.4. The molecule has 0 fully saturated rings. The molecule has 8 nitrogen and oxygen atoms in total. The molecule has 2 heterocycles. The van der Waals surface area contributed by atoms with Gasteiger partial charge in [-0.1, -0.05) is 24.3 Å². The van der Waals surface area contributed by atoms with Crippen molar-refractivity contribution >= 4 is 23.1 Å². The normalized spacial score (nSPS) is 11.0. The van der Waals surface area contributed by atoms with Gasteiger partial charge in [0.15, 0.2) is 11.2 Å². The predicted octanol–water partition coefficient (Wildman–Crippen LogP) is 2.25. The number of hydrogen-bond donors (Lipinski definition) is 3. The van der Waals surface area contributed by atoms with Crippen molar-refractivity contribution in [3.63, 3.8) is 0 Å². The number of benzene rings is 2. The van der Waals surface area contributed by atoms with Crippen molar-refractivity contribution in [3.05, 3.63) is 75.8 Å². The van der Waals surface area contributed by atoms with E-state index in [-0.39, 0.29) is 35.0 Å². The van der Waals surface area contributed by atoms with Gasteiger partial charge in [0.1, 0.15) is 11.6 Å². The van der Waals surface area contributed by atoms with E-state index in [2.05, 4.69) is 15.0 Å². The van der Waals surface area contributed by atoms with Gasteiger partial charge in [0.25, 0.3) is 5.56 Å². The van der Waals surface area contributed by atoms with Crippen LogP contribution in [0.5, 0.6) is 0 Å². The largest absolute Gasteiger partial charge is 0.478 e. The molecule has 0 atom stereocenters. The summed E-state index contributed by atoms with van der Waals surface area (Å²) >= 11 is 0. The summed E-state index contributed by atoms with van der Waals surface area (Å²) in [7, 11) is 0. The zero-order valence-electron chi connectivity index (χ0n) is 14.4. The maximum Gasteiger partial charge on any atom is 0.335 e. The second-order valence-electron chi connectivity index (χ2n) is 6.15. The number of halogens is 1. The van der Waals surface area contributed by atoms with E-state index in [1.807, 2.05) is 0 Å². The van der Waals surface area contributed by atoms with Crippen LogP contribution in [0.1, 0.15) is 15.9 Å². The van der Waals surface area contributed by atoms with Gasteiger partial charge < -0.3 is 15.4 Å². The van der Waals surface area contributed by atoms with Gasteiger partial charge >= 0.3 is 5.97 Å².